The van der Waals surface area contributed by atoms with E-state index in [0.717, 1.165) is 5.56 Å². The van der Waals surface area contributed by atoms with Crippen LogP contribution in [0.2, 0.25) is 0 Å². The zero-order chi connectivity index (χ0) is 13.4. The normalized spacial score (nSPS) is 32.6. The monoisotopic (exact) mass is 260 g/mol. The molecule has 0 bridgehead atoms. The lowest BCUT2D eigenvalue weighted by atomic mass is 10.00. The van der Waals surface area contributed by atoms with Crippen molar-refractivity contribution in [2.45, 2.75) is 25.6 Å². The Labute approximate surface area is 111 Å². The van der Waals surface area contributed by atoms with E-state index in [1.165, 1.54) is 0 Å². The third-order valence-corrected chi connectivity index (χ3v) is 3.76. The minimum Gasteiger partial charge on any atom is -0.466 e. The number of esters is 1. The fourth-order valence-corrected chi connectivity index (χ4v) is 2.78. The lowest BCUT2D eigenvalue weighted by Gasteiger charge is -2.21. The molecule has 1 heterocycles. The molecule has 4 nitrogen and oxygen atoms in total. The number of Topliss-reactive ketones (excluding diaryl/α,β-unsaturated/α-hetero) is 1. The molecule has 4 heteroatoms. The number of ether oxygens (including phenoxy) is 2. The Morgan fingerprint density at radius 2 is 2.11 bits per heavy atom. The van der Waals surface area contributed by atoms with E-state index >= 15 is 0 Å². The highest BCUT2D eigenvalue weighted by Crippen LogP contribution is 2.51. The van der Waals surface area contributed by atoms with E-state index in [1.54, 1.807) is 6.92 Å². The summed E-state index contributed by atoms with van der Waals surface area (Å²) in [6.45, 7) is 2.10. The zero-order valence-corrected chi connectivity index (χ0v) is 10.7. The van der Waals surface area contributed by atoms with Gasteiger partial charge in [0.1, 0.15) is 5.78 Å². The summed E-state index contributed by atoms with van der Waals surface area (Å²) in [7, 11) is 0. The second kappa shape index (κ2) is 4.78. The van der Waals surface area contributed by atoms with Gasteiger partial charge >= 0.3 is 5.97 Å². The van der Waals surface area contributed by atoms with Crippen molar-refractivity contribution < 1.29 is 19.1 Å². The average Bonchev–Trinajstić information content (AvgIpc) is 3.15. The minimum atomic E-state index is -0.388. The van der Waals surface area contributed by atoms with Gasteiger partial charge in [-0.3, -0.25) is 9.59 Å². The van der Waals surface area contributed by atoms with Gasteiger partial charge in [0, 0.05) is 6.42 Å². The van der Waals surface area contributed by atoms with Crippen LogP contribution in [0, 0.1) is 11.8 Å². The van der Waals surface area contributed by atoms with E-state index < -0.39 is 0 Å². The molecular formula is C15H16O4. The van der Waals surface area contributed by atoms with Crippen LogP contribution in [0.1, 0.15) is 25.0 Å². The number of rotatable bonds is 3. The SMILES string of the molecule is CCOC(=O)[C@H]1[C@@H]2O[C@@H](c3ccccc3)CC(=O)[C@@H]21. The van der Waals surface area contributed by atoms with Crippen LogP contribution in [0.25, 0.3) is 0 Å². The molecule has 0 aromatic heterocycles. The molecule has 100 valence electrons. The number of carbonyl (C=O) groups excluding carboxylic acids is 2. The number of fused-ring (bicyclic) bond motifs is 1. The number of hydrogen-bond donors (Lipinski definition) is 0. The Bertz CT molecular complexity index is 496. The second-order valence-corrected chi connectivity index (χ2v) is 4.97. The predicted octanol–water partition coefficient (Wildman–Crippen LogP) is 1.89. The first-order chi connectivity index (χ1) is 9.22. The van der Waals surface area contributed by atoms with Gasteiger partial charge in [-0.1, -0.05) is 30.3 Å². The third-order valence-electron chi connectivity index (χ3n) is 3.76. The summed E-state index contributed by atoms with van der Waals surface area (Å²) in [6.07, 6.45) is -0.166. The molecule has 1 aliphatic carbocycles. The standard InChI is InChI=1S/C15H16O4/c1-2-18-15(17)13-12-10(16)8-11(19-14(12)13)9-6-4-3-5-7-9/h3-7,11-14H,2,8H2,1H3/t11-,12-,13-,14-/m1/s1. The zero-order valence-electron chi connectivity index (χ0n) is 10.7. The highest BCUT2D eigenvalue weighted by molar-refractivity contribution is 5.94. The minimum absolute atomic E-state index is 0.114. The summed E-state index contributed by atoms with van der Waals surface area (Å²) in [5.41, 5.74) is 0.990. The number of carbonyl (C=O) groups is 2. The molecule has 0 amide bonds. The molecule has 0 spiro atoms. The maximum Gasteiger partial charge on any atom is 0.312 e. The first-order valence-electron chi connectivity index (χ1n) is 6.62. The van der Waals surface area contributed by atoms with E-state index in [-0.39, 0.29) is 35.8 Å². The van der Waals surface area contributed by atoms with E-state index in [1.807, 2.05) is 30.3 Å². The molecule has 19 heavy (non-hydrogen) atoms. The van der Waals surface area contributed by atoms with Crippen molar-refractivity contribution in [1.29, 1.82) is 0 Å². The van der Waals surface area contributed by atoms with Gasteiger partial charge in [0.2, 0.25) is 0 Å². The van der Waals surface area contributed by atoms with Crippen molar-refractivity contribution in [1.82, 2.24) is 0 Å². The van der Waals surface area contributed by atoms with Crippen LogP contribution in [0.3, 0.4) is 0 Å². The van der Waals surface area contributed by atoms with E-state index in [4.69, 9.17) is 9.47 Å². The highest BCUT2D eigenvalue weighted by Gasteiger charge is 2.63. The summed E-state index contributed by atoms with van der Waals surface area (Å²) in [4.78, 5) is 23.8. The van der Waals surface area contributed by atoms with Crippen molar-refractivity contribution in [3.05, 3.63) is 35.9 Å². The van der Waals surface area contributed by atoms with Crippen LogP contribution in [0.15, 0.2) is 30.3 Å². The molecular weight excluding hydrogens is 244 g/mol. The molecule has 1 saturated heterocycles. The Balaban J connectivity index is 1.72. The van der Waals surface area contributed by atoms with Gasteiger partial charge in [0.15, 0.2) is 0 Å². The van der Waals surface area contributed by atoms with Crippen LogP contribution in [0.4, 0.5) is 0 Å². The Hall–Kier alpha value is -1.68. The molecule has 1 aromatic rings. The quantitative estimate of drug-likeness (QED) is 0.779. The smallest absolute Gasteiger partial charge is 0.312 e. The highest BCUT2D eigenvalue weighted by atomic mass is 16.5. The molecule has 2 aliphatic rings. The third kappa shape index (κ3) is 2.16. The number of hydrogen-bond acceptors (Lipinski definition) is 4. The van der Waals surface area contributed by atoms with Crippen LogP contribution in [-0.2, 0) is 19.1 Å². The van der Waals surface area contributed by atoms with E-state index in [2.05, 4.69) is 0 Å². The van der Waals surface area contributed by atoms with Gasteiger partial charge in [-0.2, -0.15) is 0 Å². The molecule has 1 aromatic carbocycles. The molecule has 0 N–H and O–H groups in total. The number of benzene rings is 1. The van der Waals surface area contributed by atoms with Gasteiger partial charge in [-0.25, -0.2) is 0 Å². The van der Waals surface area contributed by atoms with Crippen molar-refractivity contribution in [3.63, 3.8) is 0 Å². The van der Waals surface area contributed by atoms with Crippen LogP contribution in [-0.4, -0.2) is 24.5 Å². The summed E-state index contributed by atoms with van der Waals surface area (Å²) in [6, 6.07) is 9.66. The number of ketones is 1. The van der Waals surface area contributed by atoms with Crippen molar-refractivity contribution >= 4 is 11.8 Å². The average molecular weight is 260 g/mol. The van der Waals surface area contributed by atoms with Crippen molar-refractivity contribution in [3.8, 4) is 0 Å². The van der Waals surface area contributed by atoms with Gasteiger partial charge in [-0.05, 0) is 12.5 Å². The molecule has 0 unspecified atom stereocenters. The van der Waals surface area contributed by atoms with Crippen molar-refractivity contribution in [2.75, 3.05) is 6.61 Å². The fraction of sp³-hybridized carbons (Fsp3) is 0.467. The Morgan fingerprint density at radius 1 is 1.37 bits per heavy atom. The summed E-state index contributed by atoms with van der Waals surface area (Å²) < 4.78 is 10.9. The van der Waals surface area contributed by atoms with Gasteiger partial charge in [0.25, 0.3) is 0 Å². The van der Waals surface area contributed by atoms with Crippen LogP contribution < -0.4 is 0 Å². The molecule has 2 fully saturated rings. The first kappa shape index (κ1) is 12.4. The molecule has 3 rings (SSSR count). The molecule has 1 aliphatic heterocycles. The van der Waals surface area contributed by atoms with Crippen LogP contribution >= 0.6 is 0 Å². The molecule has 1 saturated carbocycles. The molecule has 0 radical (unpaired) electrons. The van der Waals surface area contributed by atoms with Gasteiger partial charge in [-0.15, -0.1) is 0 Å². The lowest BCUT2D eigenvalue weighted by Crippen LogP contribution is -2.20. The van der Waals surface area contributed by atoms with Gasteiger partial charge in [0.05, 0.1) is 30.7 Å². The first-order valence-corrected chi connectivity index (χ1v) is 6.62. The van der Waals surface area contributed by atoms with Gasteiger partial charge < -0.3 is 9.47 Å². The Kier molecular flexibility index (Phi) is 3.11. The van der Waals surface area contributed by atoms with E-state index in [0.29, 0.717) is 13.0 Å². The topological polar surface area (TPSA) is 52.6 Å². The lowest BCUT2D eigenvalue weighted by molar-refractivity contribution is -0.146. The fourth-order valence-electron chi connectivity index (χ4n) is 2.78. The van der Waals surface area contributed by atoms with Crippen LogP contribution in [0.5, 0.6) is 0 Å². The van der Waals surface area contributed by atoms with Crippen molar-refractivity contribution in [2.24, 2.45) is 11.8 Å². The second-order valence-electron chi connectivity index (χ2n) is 4.97. The summed E-state index contributed by atoms with van der Waals surface area (Å²) in [5.74, 6) is -0.858. The largest absolute Gasteiger partial charge is 0.466 e. The summed E-state index contributed by atoms with van der Waals surface area (Å²) in [5, 5.41) is 0. The van der Waals surface area contributed by atoms with E-state index in [9.17, 15) is 9.59 Å². The Morgan fingerprint density at radius 3 is 2.79 bits per heavy atom. The maximum atomic E-state index is 12.1. The summed E-state index contributed by atoms with van der Waals surface area (Å²) >= 11 is 0. The maximum absolute atomic E-state index is 12.1. The predicted molar refractivity (Wildman–Crippen MR) is 67.3 cm³/mol. The molecule has 4 atom stereocenters.